The Bertz CT molecular complexity index is 248. The van der Waals surface area contributed by atoms with E-state index < -0.39 is 24.1 Å². The van der Waals surface area contributed by atoms with Gasteiger partial charge in [-0.05, 0) is 0 Å². The highest BCUT2D eigenvalue weighted by atomic mass is 19.1. The normalized spacial score (nSPS) is 9.73. The molecular weight excluding hydrogens is 152 g/mol. The van der Waals surface area contributed by atoms with Gasteiger partial charge in [0.1, 0.15) is 11.6 Å². The fourth-order valence-electron chi connectivity index (χ4n) is 0.690. The van der Waals surface area contributed by atoms with Crippen molar-refractivity contribution < 1.29 is 19.5 Å². The fourth-order valence-corrected chi connectivity index (χ4v) is 0.690. The summed E-state index contributed by atoms with van der Waals surface area (Å²) in [6.45, 7) is 0. The Labute approximate surface area is 62.1 Å². The molecule has 4 nitrogen and oxygen atoms in total. The van der Waals surface area contributed by atoms with Crippen LogP contribution in [-0.2, 0) is 0 Å². The lowest BCUT2D eigenvalue weighted by atomic mass is 9.80. The molecule has 0 aliphatic carbocycles. The summed E-state index contributed by atoms with van der Waals surface area (Å²) in [6, 6.07) is 0. The predicted octanol–water partition coefficient (Wildman–Crippen LogP) is -1.39. The third-order valence-corrected chi connectivity index (χ3v) is 1.18. The van der Waals surface area contributed by atoms with Crippen molar-refractivity contribution in [3.63, 3.8) is 0 Å². The lowest BCUT2D eigenvalue weighted by Crippen LogP contribution is -2.33. The molecule has 0 unspecified atom stereocenters. The van der Waals surface area contributed by atoms with Gasteiger partial charge >= 0.3 is 7.12 Å². The maximum atomic E-state index is 12.6. The van der Waals surface area contributed by atoms with Gasteiger partial charge < -0.3 is 15.2 Å². The molecule has 0 aromatic carbocycles. The van der Waals surface area contributed by atoms with E-state index in [0.717, 1.165) is 12.4 Å². The van der Waals surface area contributed by atoms with Gasteiger partial charge in [0.05, 0.1) is 17.9 Å². The Morgan fingerprint density at radius 2 is 2.00 bits per heavy atom. The summed E-state index contributed by atoms with van der Waals surface area (Å²) in [5.41, 5.74) is -0.556. The van der Waals surface area contributed by atoms with Crippen LogP contribution in [0, 0.1) is 5.82 Å². The summed E-state index contributed by atoms with van der Waals surface area (Å²) in [7, 11) is -2.02. The van der Waals surface area contributed by atoms with E-state index in [4.69, 9.17) is 15.2 Å². The van der Waals surface area contributed by atoms with Gasteiger partial charge in [-0.15, -0.1) is 0 Å². The predicted molar refractivity (Wildman–Crippen MR) is 35.7 cm³/mol. The molecule has 11 heavy (non-hydrogen) atoms. The molecular formula is C5H5BFNO3. The molecule has 0 amide bonds. The van der Waals surface area contributed by atoms with Gasteiger partial charge in [-0.2, -0.15) is 0 Å². The zero-order valence-corrected chi connectivity index (χ0v) is 5.40. The number of hydrogen-bond donors (Lipinski definition) is 3. The molecule has 0 radical (unpaired) electrons. The topological polar surface area (TPSA) is 73.6 Å². The number of nitrogens with zero attached hydrogens (tertiary/aromatic N) is 1. The molecule has 0 atom stereocenters. The maximum absolute atomic E-state index is 12.6. The molecule has 0 saturated heterocycles. The summed E-state index contributed by atoms with van der Waals surface area (Å²) < 4.78 is 12.6. The van der Waals surface area contributed by atoms with Crippen LogP contribution in [0.4, 0.5) is 4.39 Å². The first kappa shape index (κ1) is 7.97. The lowest BCUT2D eigenvalue weighted by molar-refractivity contribution is 0.414. The van der Waals surface area contributed by atoms with Crippen molar-refractivity contribution in [2.75, 3.05) is 0 Å². The first-order valence-corrected chi connectivity index (χ1v) is 2.81. The monoisotopic (exact) mass is 157 g/mol. The second kappa shape index (κ2) is 2.85. The second-order valence-electron chi connectivity index (χ2n) is 1.93. The van der Waals surface area contributed by atoms with Crippen LogP contribution in [-0.4, -0.2) is 27.3 Å². The maximum Gasteiger partial charge on any atom is 0.495 e. The van der Waals surface area contributed by atoms with Crippen LogP contribution in [0.2, 0.25) is 0 Å². The van der Waals surface area contributed by atoms with E-state index in [-0.39, 0.29) is 0 Å². The lowest BCUT2D eigenvalue weighted by Gasteiger charge is -2.01. The van der Waals surface area contributed by atoms with Crippen molar-refractivity contribution in [3.05, 3.63) is 18.2 Å². The number of aromatic hydroxyl groups is 1. The van der Waals surface area contributed by atoms with Gasteiger partial charge in [0.25, 0.3) is 0 Å². The van der Waals surface area contributed by atoms with Crippen molar-refractivity contribution >= 4 is 12.6 Å². The van der Waals surface area contributed by atoms with Crippen LogP contribution in [0.15, 0.2) is 12.4 Å². The third-order valence-electron chi connectivity index (χ3n) is 1.18. The second-order valence-corrected chi connectivity index (χ2v) is 1.93. The highest BCUT2D eigenvalue weighted by Crippen LogP contribution is 2.04. The van der Waals surface area contributed by atoms with Gasteiger partial charge in [0.15, 0.2) is 0 Å². The molecule has 1 rings (SSSR count). The Morgan fingerprint density at radius 3 is 2.36 bits per heavy atom. The van der Waals surface area contributed by atoms with Gasteiger partial charge in [-0.3, -0.25) is 4.98 Å². The van der Waals surface area contributed by atoms with E-state index in [1.54, 1.807) is 0 Å². The Hall–Kier alpha value is -1.14. The smallest absolute Gasteiger partial charge is 0.495 e. The van der Waals surface area contributed by atoms with Gasteiger partial charge in [0, 0.05) is 0 Å². The quantitative estimate of drug-likeness (QED) is 0.438. The summed E-state index contributed by atoms with van der Waals surface area (Å²) in [5.74, 6) is -1.51. The van der Waals surface area contributed by atoms with E-state index in [2.05, 4.69) is 4.98 Å². The Kier molecular flexibility index (Phi) is 2.07. The van der Waals surface area contributed by atoms with Crippen molar-refractivity contribution in [1.29, 1.82) is 0 Å². The summed E-state index contributed by atoms with van der Waals surface area (Å²) in [4.78, 5) is 3.28. The minimum Gasteiger partial charge on any atom is -0.507 e. The number of hydrogen-bond acceptors (Lipinski definition) is 4. The molecule has 0 bridgehead atoms. The molecule has 0 aliphatic rings. The molecule has 3 N–H and O–H groups in total. The molecule has 1 aromatic heterocycles. The van der Waals surface area contributed by atoms with E-state index in [1.165, 1.54) is 0 Å². The third kappa shape index (κ3) is 1.47. The molecule has 0 aliphatic heterocycles. The van der Waals surface area contributed by atoms with Crippen molar-refractivity contribution in [3.8, 4) is 5.75 Å². The minimum absolute atomic E-state index is 0.556. The Morgan fingerprint density at radius 1 is 1.36 bits per heavy atom. The molecule has 6 heteroatoms. The van der Waals surface area contributed by atoms with Crippen LogP contribution in [0.5, 0.6) is 5.75 Å². The molecule has 1 heterocycles. The van der Waals surface area contributed by atoms with E-state index >= 15 is 0 Å². The zero-order chi connectivity index (χ0) is 8.43. The van der Waals surface area contributed by atoms with Crippen LogP contribution in [0.25, 0.3) is 0 Å². The van der Waals surface area contributed by atoms with Crippen LogP contribution < -0.4 is 5.46 Å². The van der Waals surface area contributed by atoms with Crippen molar-refractivity contribution in [2.24, 2.45) is 0 Å². The highest BCUT2D eigenvalue weighted by Gasteiger charge is 2.20. The molecule has 58 valence electrons. The number of halogens is 1. The number of aromatic nitrogens is 1. The zero-order valence-electron chi connectivity index (χ0n) is 5.40. The van der Waals surface area contributed by atoms with Crippen LogP contribution in [0.1, 0.15) is 0 Å². The molecule has 1 aromatic rings. The molecule has 0 saturated carbocycles. The summed E-state index contributed by atoms with van der Waals surface area (Å²) in [6.07, 6.45) is 1.71. The van der Waals surface area contributed by atoms with Crippen LogP contribution >= 0.6 is 0 Å². The molecule has 0 fully saturated rings. The van der Waals surface area contributed by atoms with E-state index in [0.29, 0.717) is 0 Å². The summed E-state index contributed by atoms with van der Waals surface area (Å²) in [5, 5.41) is 25.9. The molecule has 0 spiro atoms. The fraction of sp³-hybridized carbons (Fsp3) is 0. The van der Waals surface area contributed by atoms with Gasteiger partial charge in [-0.25, -0.2) is 4.39 Å². The highest BCUT2D eigenvalue weighted by molar-refractivity contribution is 6.59. The van der Waals surface area contributed by atoms with Gasteiger partial charge in [0.2, 0.25) is 0 Å². The minimum atomic E-state index is -2.02. The van der Waals surface area contributed by atoms with Crippen LogP contribution in [0.3, 0.4) is 0 Å². The first-order chi connectivity index (χ1) is 5.13. The van der Waals surface area contributed by atoms with Crippen molar-refractivity contribution in [1.82, 2.24) is 4.98 Å². The average Bonchev–Trinajstić information content (AvgIpc) is 1.85. The van der Waals surface area contributed by atoms with Gasteiger partial charge in [-0.1, -0.05) is 0 Å². The van der Waals surface area contributed by atoms with E-state index in [9.17, 15) is 4.39 Å². The Balaban J connectivity index is 3.21. The average molecular weight is 157 g/mol. The largest absolute Gasteiger partial charge is 0.507 e. The number of rotatable bonds is 1. The summed E-state index contributed by atoms with van der Waals surface area (Å²) >= 11 is 0. The van der Waals surface area contributed by atoms with E-state index in [1.807, 2.05) is 0 Å². The first-order valence-electron chi connectivity index (χ1n) is 2.81. The van der Waals surface area contributed by atoms with Crippen molar-refractivity contribution in [2.45, 2.75) is 0 Å². The standard InChI is InChI=1S/C5H5BFNO3/c7-3-1-8-2-4(9)5(3)6(10)11/h1-2,9-11H. The SMILES string of the molecule is OB(O)c1c(O)cncc1F. The number of pyridine rings is 1.